The van der Waals surface area contributed by atoms with Crippen LogP contribution in [0.3, 0.4) is 0 Å². The van der Waals surface area contributed by atoms with E-state index >= 15 is 0 Å². The molecule has 0 N–H and O–H groups in total. The fourth-order valence-corrected chi connectivity index (χ4v) is 2.51. The Kier molecular flexibility index (Phi) is 5.19. The summed E-state index contributed by atoms with van der Waals surface area (Å²) in [5.41, 5.74) is 0.822. The Morgan fingerprint density at radius 3 is 2.74 bits per heavy atom. The maximum absolute atomic E-state index is 12.0. The molecule has 1 atom stereocenters. The van der Waals surface area contributed by atoms with Crippen molar-refractivity contribution in [2.75, 3.05) is 40.0 Å². The molecule has 1 aromatic carbocycles. The summed E-state index contributed by atoms with van der Waals surface area (Å²) in [5, 5.41) is 0.603. The van der Waals surface area contributed by atoms with Gasteiger partial charge in [0.2, 0.25) is 0 Å². The normalized spacial score (nSPS) is 18.0. The Bertz CT molecular complexity index is 432. The molecule has 4 nitrogen and oxygen atoms in total. The highest BCUT2D eigenvalue weighted by atomic mass is 35.5. The fourth-order valence-electron chi connectivity index (χ4n) is 2.24. The first-order chi connectivity index (χ1) is 9.22. The standard InChI is InChI=1S/C14H18ClNO3/c1-18-14(17)12(10-16-6-8-19-9-7-16)11-4-2-3-5-13(11)15/h2-5,12H,6-10H2,1H3. The Morgan fingerprint density at radius 2 is 2.11 bits per heavy atom. The van der Waals surface area contributed by atoms with Gasteiger partial charge in [0.1, 0.15) is 0 Å². The molecule has 19 heavy (non-hydrogen) atoms. The second-order valence-corrected chi connectivity index (χ2v) is 4.92. The van der Waals surface area contributed by atoms with Crippen LogP contribution in [0.15, 0.2) is 24.3 Å². The van der Waals surface area contributed by atoms with Gasteiger partial charge in [-0.1, -0.05) is 29.8 Å². The number of benzene rings is 1. The molecule has 104 valence electrons. The number of esters is 1. The highest BCUT2D eigenvalue weighted by molar-refractivity contribution is 6.31. The van der Waals surface area contributed by atoms with Crippen LogP contribution in [0, 0.1) is 0 Å². The van der Waals surface area contributed by atoms with E-state index < -0.39 is 0 Å². The number of halogens is 1. The molecular weight excluding hydrogens is 266 g/mol. The molecule has 1 fully saturated rings. The van der Waals surface area contributed by atoms with Gasteiger partial charge >= 0.3 is 5.97 Å². The number of morpholine rings is 1. The van der Waals surface area contributed by atoms with Crippen LogP contribution in [-0.2, 0) is 14.3 Å². The van der Waals surface area contributed by atoms with E-state index in [1.54, 1.807) is 6.07 Å². The summed E-state index contributed by atoms with van der Waals surface area (Å²) in [4.78, 5) is 14.2. The van der Waals surface area contributed by atoms with Crippen molar-refractivity contribution in [3.8, 4) is 0 Å². The Labute approximate surface area is 118 Å². The number of hydrogen-bond acceptors (Lipinski definition) is 4. The van der Waals surface area contributed by atoms with Gasteiger partial charge in [-0.25, -0.2) is 0 Å². The Balaban J connectivity index is 2.16. The van der Waals surface area contributed by atoms with Crippen molar-refractivity contribution in [1.82, 2.24) is 4.90 Å². The molecule has 0 spiro atoms. The zero-order chi connectivity index (χ0) is 13.7. The van der Waals surface area contributed by atoms with Crippen molar-refractivity contribution >= 4 is 17.6 Å². The summed E-state index contributed by atoms with van der Waals surface area (Å²) in [5.74, 6) is -0.601. The van der Waals surface area contributed by atoms with Crippen molar-refractivity contribution in [2.24, 2.45) is 0 Å². The maximum atomic E-state index is 12.0. The zero-order valence-corrected chi connectivity index (χ0v) is 11.7. The highest BCUT2D eigenvalue weighted by Crippen LogP contribution is 2.26. The van der Waals surface area contributed by atoms with Crippen LogP contribution in [-0.4, -0.2) is 50.8 Å². The molecule has 5 heteroatoms. The lowest BCUT2D eigenvalue weighted by atomic mass is 9.98. The third-order valence-corrected chi connectivity index (χ3v) is 3.66. The number of ether oxygens (including phenoxy) is 2. The van der Waals surface area contributed by atoms with Gasteiger partial charge in [-0.15, -0.1) is 0 Å². The topological polar surface area (TPSA) is 38.8 Å². The minimum Gasteiger partial charge on any atom is -0.469 e. The molecule has 0 saturated carbocycles. The van der Waals surface area contributed by atoms with E-state index in [-0.39, 0.29) is 11.9 Å². The molecular formula is C14H18ClNO3. The van der Waals surface area contributed by atoms with Gasteiger partial charge in [0.25, 0.3) is 0 Å². The first-order valence-corrected chi connectivity index (χ1v) is 6.72. The van der Waals surface area contributed by atoms with E-state index in [0.29, 0.717) is 24.8 Å². The van der Waals surface area contributed by atoms with Crippen LogP contribution in [0.4, 0.5) is 0 Å². The van der Waals surface area contributed by atoms with Crippen LogP contribution in [0.1, 0.15) is 11.5 Å². The second kappa shape index (κ2) is 6.89. The van der Waals surface area contributed by atoms with Crippen LogP contribution in [0.5, 0.6) is 0 Å². The van der Waals surface area contributed by atoms with Gasteiger partial charge in [0.05, 0.1) is 26.2 Å². The molecule has 1 aliphatic rings. The van der Waals surface area contributed by atoms with E-state index in [9.17, 15) is 4.79 Å². The van der Waals surface area contributed by atoms with E-state index in [2.05, 4.69) is 4.90 Å². The van der Waals surface area contributed by atoms with Gasteiger partial charge in [-0.2, -0.15) is 0 Å². The van der Waals surface area contributed by atoms with Gasteiger partial charge in [0, 0.05) is 24.7 Å². The molecule has 0 amide bonds. The van der Waals surface area contributed by atoms with Crippen molar-refractivity contribution in [2.45, 2.75) is 5.92 Å². The lowest BCUT2D eigenvalue weighted by Gasteiger charge is -2.29. The van der Waals surface area contributed by atoms with E-state index in [1.165, 1.54) is 7.11 Å². The number of carbonyl (C=O) groups excluding carboxylic acids is 1. The third kappa shape index (κ3) is 3.69. The van der Waals surface area contributed by atoms with Crippen molar-refractivity contribution in [3.63, 3.8) is 0 Å². The van der Waals surface area contributed by atoms with Gasteiger partial charge in [0.15, 0.2) is 0 Å². The monoisotopic (exact) mass is 283 g/mol. The first-order valence-electron chi connectivity index (χ1n) is 6.34. The smallest absolute Gasteiger partial charge is 0.314 e. The van der Waals surface area contributed by atoms with E-state index in [1.807, 2.05) is 18.2 Å². The molecule has 1 heterocycles. The van der Waals surface area contributed by atoms with Crippen LogP contribution < -0.4 is 0 Å². The average Bonchev–Trinajstić information content (AvgIpc) is 2.46. The summed E-state index contributed by atoms with van der Waals surface area (Å²) >= 11 is 6.19. The summed E-state index contributed by atoms with van der Waals surface area (Å²) in [7, 11) is 1.41. The number of rotatable bonds is 4. The first kappa shape index (κ1) is 14.3. The minimum absolute atomic E-state index is 0.250. The van der Waals surface area contributed by atoms with Crippen LogP contribution in [0.25, 0.3) is 0 Å². The maximum Gasteiger partial charge on any atom is 0.314 e. The van der Waals surface area contributed by atoms with Crippen LogP contribution >= 0.6 is 11.6 Å². The van der Waals surface area contributed by atoms with Gasteiger partial charge in [-0.05, 0) is 11.6 Å². The summed E-state index contributed by atoms with van der Waals surface area (Å²) in [6, 6.07) is 7.42. The summed E-state index contributed by atoms with van der Waals surface area (Å²) in [6.07, 6.45) is 0. The van der Waals surface area contributed by atoms with Gasteiger partial charge in [-0.3, -0.25) is 9.69 Å². The summed E-state index contributed by atoms with van der Waals surface area (Å²) < 4.78 is 10.2. The minimum atomic E-state index is -0.350. The Hall–Kier alpha value is -1.10. The molecule has 1 aromatic rings. The zero-order valence-electron chi connectivity index (χ0n) is 11.0. The molecule has 1 aliphatic heterocycles. The van der Waals surface area contributed by atoms with Crippen molar-refractivity contribution in [1.29, 1.82) is 0 Å². The molecule has 0 aromatic heterocycles. The SMILES string of the molecule is COC(=O)C(CN1CCOCC1)c1ccccc1Cl. The quantitative estimate of drug-likeness (QED) is 0.792. The predicted molar refractivity (Wildman–Crippen MR) is 73.5 cm³/mol. The fraction of sp³-hybridized carbons (Fsp3) is 0.500. The number of methoxy groups -OCH3 is 1. The van der Waals surface area contributed by atoms with E-state index in [0.717, 1.165) is 18.7 Å². The lowest BCUT2D eigenvalue weighted by molar-refractivity contribution is -0.143. The molecule has 1 unspecified atom stereocenters. The van der Waals surface area contributed by atoms with E-state index in [4.69, 9.17) is 21.1 Å². The predicted octanol–water partition coefficient (Wildman–Crippen LogP) is 1.93. The third-order valence-electron chi connectivity index (χ3n) is 3.31. The van der Waals surface area contributed by atoms with Gasteiger partial charge < -0.3 is 9.47 Å². The van der Waals surface area contributed by atoms with Crippen LogP contribution in [0.2, 0.25) is 5.02 Å². The molecule has 1 saturated heterocycles. The van der Waals surface area contributed by atoms with Crippen molar-refractivity contribution < 1.29 is 14.3 Å². The molecule has 2 rings (SSSR count). The number of hydrogen-bond donors (Lipinski definition) is 0. The molecule has 0 bridgehead atoms. The highest BCUT2D eigenvalue weighted by Gasteiger charge is 2.26. The number of carbonyl (C=O) groups is 1. The second-order valence-electron chi connectivity index (χ2n) is 4.51. The average molecular weight is 284 g/mol. The number of nitrogens with zero attached hydrogens (tertiary/aromatic N) is 1. The molecule has 0 radical (unpaired) electrons. The summed E-state index contributed by atoms with van der Waals surface area (Å²) in [6.45, 7) is 3.68. The largest absolute Gasteiger partial charge is 0.469 e. The lowest BCUT2D eigenvalue weighted by Crippen LogP contribution is -2.40. The Morgan fingerprint density at radius 1 is 1.42 bits per heavy atom. The van der Waals surface area contributed by atoms with Crippen molar-refractivity contribution in [3.05, 3.63) is 34.9 Å². The molecule has 0 aliphatic carbocycles.